The minimum Gasteiger partial charge on any atom is -0.343 e. The van der Waals surface area contributed by atoms with Crippen LogP contribution in [0.15, 0.2) is 54.6 Å². The van der Waals surface area contributed by atoms with Gasteiger partial charge in [0.05, 0.1) is 6.04 Å². The first kappa shape index (κ1) is 21.4. The monoisotopic (exact) mass is 393 g/mol. The lowest BCUT2D eigenvalue weighted by atomic mass is 10.1. The zero-order valence-electron chi connectivity index (χ0n) is 15.6. The Morgan fingerprint density at radius 1 is 1.04 bits per heavy atom. The van der Waals surface area contributed by atoms with Gasteiger partial charge in [-0.3, -0.25) is 14.5 Å². The summed E-state index contributed by atoms with van der Waals surface area (Å²) in [5.74, 6) is -0.940. The van der Waals surface area contributed by atoms with Crippen molar-refractivity contribution in [2.24, 2.45) is 0 Å². The molecule has 150 valence electrons. The maximum absolute atomic E-state index is 12.3. The average Bonchev–Trinajstić information content (AvgIpc) is 2.66. The number of nitrogens with one attached hydrogen (secondary N) is 2. The predicted molar refractivity (Wildman–Crippen MR) is 101 cm³/mol. The van der Waals surface area contributed by atoms with E-state index in [9.17, 15) is 22.8 Å². The molecule has 0 aromatic heterocycles. The number of benzene rings is 2. The summed E-state index contributed by atoms with van der Waals surface area (Å²) < 4.78 is 36.5. The van der Waals surface area contributed by atoms with E-state index < -0.39 is 24.7 Å². The van der Waals surface area contributed by atoms with Gasteiger partial charge in [0.15, 0.2) is 0 Å². The summed E-state index contributed by atoms with van der Waals surface area (Å²) in [7, 11) is 1.79. The first-order valence-corrected chi connectivity index (χ1v) is 8.66. The summed E-state index contributed by atoms with van der Waals surface area (Å²) in [4.78, 5) is 25.9. The van der Waals surface area contributed by atoms with Gasteiger partial charge in [-0.25, -0.2) is 0 Å². The zero-order valence-corrected chi connectivity index (χ0v) is 15.6. The van der Waals surface area contributed by atoms with Crippen LogP contribution < -0.4 is 10.6 Å². The van der Waals surface area contributed by atoms with Crippen molar-refractivity contribution in [3.63, 3.8) is 0 Å². The molecule has 0 aliphatic heterocycles. The van der Waals surface area contributed by atoms with E-state index in [-0.39, 0.29) is 11.5 Å². The number of nitrogens with zero attached hydrogens (tertiary/aromatic N) is 1. The molecule has 0 bridgehead atoms. The van der Waals surface area contributed by atoms with Crippen LogP contribution in [0.4, 0.5) is 18.9 Å². The highest BCUT2D eigenvalue weighted by Gasteiger charge is 2.27. The van der Waals surface area contributed by atoms with E-state index >= 15 is 0 Å². The minimum absolute atomic E-state index is 0.144. The van der Waals surface area contributed by atoms with Crippen LogP contribution >= 0.6 is 0 Å². The Balaban J connectivity index is 1.90. The van der Waals surface area contributed by atoms with Gasteiger partial charge in [0.1, 0.15) is 6.54 Å². The quantitative estimate of drug-likeness (QED) is 0.758. The average molecular weight is 393 g/mol. The molecule has 0 aliphatic carbocycles. The van der Waals surface area contributed by atoms with Crippen LogP contribution in [0.1, 0.15) is 22.8 Å². The number of hydrogen-bond acceptors (Lipinski definition) is 3. The molecular formula is C20H22F3N3O2. The van der Waals surface area contributed by atoms with E-state index in [2.05, 4.69) is 5.32 Å². The summed E-state index contributed by atoms with van der Waals surface area (Å²) >= 11 is 0. The second-order valence-electron chi connectivity index (χ2n) is 6.44. The maximum atomic E-state index is 12.3. The van der Waals surface area contributed by atoms with Gasteiger partial charge in [0.2, 0.25) is 5.91 Å². The number of carbonyl (C=O) groups excluding carboxylic acids is 2. The molecule has 0 fully saturated rings. The number of carbonyl (C=O) groups is 2. The molecule has 5 nitrogen and oxygen atoms in total. The van der Waals surface area contributed by atoms with Crippen LogP contribution in [0.3, 0.4) is 0 Å². The van der Waals surface area contributed by atoms with E-state index in [0.717, 1.165) is 5.56 Å². The van der Waals surface area contributed by atoms with Crippen LogP contribution in [0.2, 0.25) is 0 Å². The Hall–Kier alpha value is -2.87. The fourth-order valence-electron chi connectivity index (χ4n) is 2.44. The van der Waals surface area contributed by atoms with Gasteiger partial charge in [-0.2, -0.15) is 13.2 Å². The van der Waals surface area contributed by atoms with E-state index in [1.807, 2.05) is 28.4 Å². The second-order valence-corrected chi connectivity index (χ2v) is 6.44. The van der Waals surface area contributed by atoms with Gasteiger partial charge < -0.3 is 10.6 Å². The standard InChI is InChI=1S/C20H22F3N3O2/c1-14(18(27)25-17-6-4-3-5-7-17)26(2)12-15-8-10-16(11-9-15)19(28)24-13-20(21,22)23/h3-11,14H,12-13H2,1-2H3,(H,24,28)(H,25,27)/t14-/m0/s1. The first-order chi connectivity index (χ1) is 13.2. The smallest absolute Gasteiger partial charge is 0.343 e. The fourth-order valence-corrected chi connectivity index (χ4v) is 2.44. The SMILES string of the molecule is C[C@@H](C(=O)Nc1ccccc1)N(C)Cc1ccc(C(=O)NCC(F)(F)F)cc1. The molecule has 1 atom stereocenters. The third-order valence-corrected chi connectivity index (χ3v) is 4.18. The summed E-state index contributed by atoms with van der Waals surface area (Å²) in [6.45, 7) is 0.843. The molecule has 0 saturated carbocycles. The Morgan fingerprint density at radius 2 is 1.64 bits per heavy atom. The van der Waals surface area contributed by atoms with Crippen LogP contribution in [0.5, 0.6) is 0 Å². The third kappa shape index (κ3) is 6.70. The van der Waals surface area contributed by atoms with Crippen LogP contribution in [-0.2, 0) is 11.3 Å². The van der Waals surface area contributed by atoms with Gasteiger partial charge >= 0.3 is 6.18 Å². The molecule has 0 saturated heterocycles. The Bertz CT molecular complexity index is 793. The van der Waals surface area contributed by atoms with Crippen molar-refractivity contribution < 1.29 is 22.8 Å². The molecule has 0 unspecified atom stereocenters. The lowest BCUT2D eigenvalue weighted by molar-refractivity contribution is -0.123. The number of alkyl halides is 3. The van der Waals surface area contributed by atoms with Gasteiger partial charge in [0.25, 0.3) is 5.91 Å². The number of para-hydroxylation sites is 1. The molecule has 0 radical (unpaired) electrons. The van der Waals surface area contributed by atoms with Crippen molar-refractivity contribution in [1.29, 1.82) is 0 Å². The molecular weight excluding hydrogens is 371 g/mol. The largest absolute Gasteiger partial charge is 0.405 e. The van der Waals surface area contributed by atoms with E-state index in [0.29, 0.717) is 12.2 Å². The van der Waals surface area contributed by atoms with Gasteiger partial charge in [-0.05, 0) is 43.8 Å². The minimum atomic E-state index is -4.45. The van der Waals surface area contributed by atoms with Gasteiger partial charge in [-0.15, -0.1) is 0 Å². The molecule has 2 rings (SSSR count). The number of likely N-dealkylation sites (N-methyl/N-ethyl adjacent to an activating group) is 1. The molecule has 28 heavy (non-hydrogen) atoms. The Morgan fingerprint density at radius 3 is 2.21 bits per heavy atom. The molecule has 2 aromatic rings. The highest BCUT2D eigenvalue weighted by Crippen LogP contribution is 2.14. The first-order valence-electron chi connectivity index (χ1n) is 8.66. The van der Waals surface area contributed by atoms with E-state index in [4.69, 9.17) is 0 Å². The van der Waals surface area contributed by atoms with Crippen LogP contribution in [-0.4, -0.2) is 42.5 Å². The lowest BCUT2D eigenvalue weighted by Gasteiger charge is -2.24. The molecule has 2 aromatic carbocycles. The van der Waals surface area contributed by atoms with Crippen molar-refractivity contribution in [3.8, 4) is 0 Å². The number of halogens is 3. The maximum Gasteiger partial charge on any atom is 0.405 e. The predicted octanol–water partition coefficient (Wildman–Crippen LogP) is 3.44. The molecule has 2 amide bonds. The summed E-state index contributed by atoms with van der Waals surface area (Å²) in [5, 5.41) is 4.66. The van der Waals surface area contributed by atoms with Crippen molar-refractivity contribution in [1.82, 2.24) is 10.2 Å². The lowest BCUT2D eigenvalue weighted by Crippen LogP contribution is -2.39. The van der Waals surface area contributed by atoms with Crippen molar-refractivity contribution >= 4 is 17.5 Å². The highest BCUT2D eigenvalue weighted by molar-refractivity contribution is 5.95. The Labute approximate surface area is 161 Å². The number of hydrogen-bond donors (Lipinski definition) is 2. The molecule has 0 heterocycles. The fraction of sp³-hybridized carbons (Fsp3) is 0.300. The second kappa shape index (κ2) is 9.36. The van der Waals surface area contributed by atoms with Crippen molar-refractivity contribution in [3.05, 3.63) is 65.7 Å². The molecule has 8 heteroatoms. The normalized spacial score (nSPS) is 12.5. The summed E-state index contributed by atoms with van der Waals surface area (Å²) in [6.07, 6.45) is -4.45. The van der Waals surface area contributed by atoms with E-state index in [1.54, 1.807) is 38.2 Å². The summed E-state index contributed by atoms with van der Waals surface area (Å²) in [6, 6.07) is 14.9. The number of rotatable bonds is 7. The Kier molecular flexibility index (Phi) is 7.17. The highest BCUT2D eigenvalue weighted by atomic mass is 19.4. The number of anilines is 1. The molecule has 0 aliphatic rings. The van der Waals surface area contributed by atoms with E-state index in [1.165, 1.54) is 12.1 Å². The summed E-state index contributed by atoms with van der Waals surface area (Å²) in [5.41, 5.74) is 1.68. The van der Waals surface area contributed by atoms with Crippen LogP contribution in [0.25, 0.3) is 0 Å². The number of amides is 2. The molecule has 0 spiro atoms. The van der Waals surface area contributed by atoms with Crippen LogP contribution in [0, 0.1) is 0 Å². The zero-order chi connectivity index (χ0) is 20.7. The van der Waals surface area contributed by atoms with Gasteiger partial charge in [-0.1, -0.05) is 30.3 Å². The molecule has 2 N–H and O–H groups in total. The third-order valence-electron chi connectivity index (χ3n) is 4.18. The topological polar surface area (TPSA) is 61.4 Å². The van der Waals surface area contributed by atoms with Gasteiger partial charge in [0, 0.05) is 17.8 Å². The van der Waals surface area contributed by atoms with Crippen molar-refractivity contribution in [2.75, 3.05) is 18.9 Å². The van der Waals surface area contributed by atoms with Crippen molar-refractivity contribution in [2.45, 2.75) is 25.7 Å².